The van der Waals surface area contributed by atoms with Crippen LogP contribution in [0.3, 0.4) is 0 Å². The predicted molar refractivity (Wildman–Crippen MR) is 150 cm³/mol. The molecule has 2 aliphatic rings. The van der Waals surface area contributed by atoms with Crippen LogP contribution in [0.5, 0.6) is 0 Å². The van der Waals surface area contributed by atoms with E-state index in [1.807, 2.05) is 13.8 Å². The number of ether oxygens (including phenoxy) is 1. The molecule has 8 nitrogen and oxygen atoms in total. The first-order valence-corrected chi connectivity index (χ1v) is 14.5. The molecule has 2 aromatic rings. The average Bonchev–Trinajstić information content (AvgIpc) is 3.46. The van der Waals surface area contributed by atoms with Gasteiger partial charge in [0.2, 0.25) is 0 Å². The van der Waals surface area contributed by atoms with Crippen molar-refractivity contribution in [3.8, 4) is 0 Å². The lowest BCUT2D eigenvalue weighted by atomic mass is 9.74. The molecule has 1 saturated heterocycles. The molecule has 230 valence electrons. The fourth-order valence-electron chi connectivity index (χ4n) is 5.84. The van der Waals surface area contributed by atoms with Crippen LogP contribution in [0.1, 0.15) is 97.3 Å². The van der Waals surface area contributed by atoms with Crippen LogP contribution >= 0.6 is 23.2 Å². The van der Waals surface area contributed by atoms with Crippen molar-refractivity contribution < 1.29 is 37.4 Å². The Bertz CT molecular complexity index is 1360. The Morgan fingerprint density at radius 3 is 2.19 bits per heavy atom. The molecular formula is C29H34Cl2F3N3O5. The van der Waals surface area contributed by atoms with E-state index in [0.717, 1.165) is 15.8 Å². The minimum atomic E-state index is -4.94. The highest BCUT2D eigenvalue weighted by Gasteiger charge is 2.45. The lowest BCUT2D eigenvalue weighted by Crippen LogP contribution is -2.42. The molecule has 0 bridgehead atoms. The van der Waals surface area contributed by atoms with E-state index in [-0.39, 0.29) is 47.8 Å². The topological polar surface area (TPSA) is 102 Å². The molecular weight excluding hydrogens is 598 g/mol. The number of amides is 1. The van der Waals surface area contributed by atoms with Crippen LogP contribution in [0.15, 0.2) is 18.3 Å². The Kier molecular flexibility index (Phi) is 9.08. The molecule has 1 aliphatic carbocycles. The normalized spacial score (nSPS) is 24.0. The largest absolute Gasteiger partial charge is 0.481 e. The van der Waals surface area contributed by atoms with Gasteiger partial charge in [0.05, 0.1) is 57.1 Å². The molecule has 0 spiro atoms. The summed E-state index contributed by atoms with van der Waals surface area (Å²) in [6, 6.07) is 2.34. The molecule has 1 aromatic heterocycles. The molecule has 1 atom stereocenters. The van der Waals surface area contributed by atoms with E-state index in [1.54, 1.807) is 26.0 Å². The van der Waals surface area contributed by atoms with Crippen molar-refractivity contribution in [2.24, 2.45) is 5.41 Å². The second-order valence-corrected chi connectivity index (χ2v) is 13.0. The molecule has 1 unspecified atom stereocenters. The Morgan fingerprint density at radius 1 is 1.10 bits per heavy atom. The molecule has 4 rings (SSSR count). The van der Waals surface area contributed by atoms with Crippen molar-refractivity contribution in [1.29, 1.82) is 0 Å². The zero-order valence-electron chi connectivity index (χ0n) is 23.9. The van der Waals surface area contributed by atoms with E-state index in [2.05, 4.69) is 5.10 Å². The number of alkyl halides is 3. The number of hydrogen-bond donors (Lipinski definition) is 1. The Balaban J connectivity index is 1.68. The fourth-order valence-corrected chi connectivity index (χ4v) is 6.64. The number of carboxylic acid groups (broad SMARTS) is 1. The molecule has 1 aromatic carbocycles. The highest BCUT2D eigenvalue weighted by Crippen LogP contribution is 2.43. The van der Waals surface area contributed by atoms with Gasteiger partial charge in [0.25, 0.3) is 5.91 Å². The summed E-state index contributed by atoms with van der Waals surface area (Å²) in [6.07, 6.45) is -2.71. The summed E-state index contributed by atoms with van der Waals surface area (Å²) in [6.45, 7) is 6.36. The van der Waals surface area contributed by atoms with Gasteiger partial charge in [-0.3, -0.25) is 19.1 Å². The van der Waals surface area contributed by atoms with Crippen molar-refractivity contribution in [2.45, 2.75) is 90.1 Å². The van der Waals surface area contributed by atoms with E-state index < -0.39 is 64.8 Å². The predicted octanol–water partition coefficient (Wildman–Crippen LogP) is 7.01. The van der Waals surface area contributed by atoms with Gasteiger partial charge < -0.3 is 14.7 Å². The number of aromatic nitrogens is 2. The first kappa shape index (κ1) is 32.3. The van der Waals surface area contributed by atoms with E-state index >= 15 is 0 Å². The standard InChI is InChI=1S/C29H34Cl2F3N3O5/c1-16-11-20(30)23(21(31)12-16)22(38)15-36(14-18-7-8-27(2,3)42-18)25(39)19-13-35-37(24(19)29(32,33)34)17-5-9-28(4,10-6-17)26(40)41/h11-13,17-18H,5-10,14-15H2,1-4H3,(H,40,41). The van der Waals surface area contributed by atoms with Gasteiger partial charge in [-0.05, 0) is 83.9 Å². The fraction of sp³-hybridized carbons (Fsp3) is 0.586. The first-order valence-electron chi connectivity index (χ1n) is 13.8. The van der Waals surface area contributed by atoms with Gasteiger partial charge in [-0.1, -0.05) is 23.2 Å². The molecule has 1 amide bonds. The second-order valence-electron chi connectivity index (χ2n) is 12.2. The van der Waals surface area contributed by atoms with Gasteiger partial charge in [-0.25, -0.2) is 0 Å². The Labute approximate surface area is 252 Å². The SMILES string of the molecule is Cc1cc(Cl)c(C(=O)CN(CC2CCC(C)(C)O2)C(=O)c2cnn(C3CCC(C)(C(=O)O)CC3)c2C(F)(F)F)c(Cl)c1. The van der Waals surface area contributed by atoms with Crippen LogP contribution < -0.4 is 0 Å². The molecule has 0 radical (unpaired) electrons. The molecule has 1 N–H and O–H groups in total. The number of rotatable bonds is 8. The number of carbonyl (C=O) groups excluding carboxylic acids is 2. The Morgan fingerprint density at radius 2 is 1.69 bits per heavy atom. The van der Waals surface area contributed by atoms with Crippen molar-refractivity contribution in [2.75, 3.05) is 13.1 Å². The van der Waals surface area contributed by atoms with Crippen LogP contribution in [0.4, 0.5) is 13.2 Å². The van der Waals surface area contributed by atoms with Crippen LogP contribution in [0.25, 0.3) is 0 Å². The van der Waals surface area contributed by atoms with Crippen molar-refractivity contribution >= 4 is 40.9 Å². The number of aliphatic carboxylic acids is 1. The number of Topliss-reactive ketones (excluding diaryl/α,β-unsaturated/α-hetero) is 1. The van der Waals surface area contributed by atoms with E-state index in [0.29, 0.717) is 18.4 Å². The van der Waals surface area contributed by atoms with E-state index in [9.17, 15) is 32.7 Å². The highest BCUT2D eigenvalue weighted by molar-refractivity contribution is 6.40. The van der Waals surface area contributed by atoms with Gasteiger partial charge in [-0.2, -0.15) is 18.3 Å². The number of nitrogens with zero attached hydrogens (tertiary/aromatic N) is 3. The molecule has 1 aliphatic heterocycles. The lowest BCUT2D eigenvalue weighted by molar-refractivity contribution is -0.152. The number of carboxylic acids is 1. The number of halogens is 5. The van der Waals surface area contributed by atoms with Gasteiger partial charge in [0, 0.05) is 6.54 Å². The van der Waals surface area contributed by atoms with Crippen molar-refractivity contribution in [3.05, 3.63) is 50.8 Å². The number of ketones is 1. The number of benzene rings is 1. The van der Waals surface area contributed by atoms with Gasteiger partial charge in [-0.15, -0.1) is 0 Å². The maximum atomic E-state index is 14.5. The average molecular weight is 633 g/mol. The van der Waals surface area contributed by atoms with Crippen LogP contribution in [-0.4, -0.2) is 62.2 Å². The zero-order chi connectivity index (χ0) is 31.2. The Hall–Kier alpha value is -2.63. The summed E-state index contributed by atoms with van der Waals surface area (Å²) in [7, 11) is 0. The van der Waals surface area contributed by atoms with Gasteiger partial charge in [0.15, 0.2) is 11.5 Å². The van der Waals surface area contributed by atoms with E-state index in [1.165, 1.54) is 0 Å². The summed E-state index contributed by atoms with van der Waals surface area (Å²) in [5.74, 6) is -2.66. The summed E-state index contributed by atoms with van der Waals surface area (Å²) in [4.78, 5) is 39.9. The van der Waals surface area contributed by atoms with Crippen LogP contribution in [0, 0.1) is 12.3 Å². The number of carbonyl (C=O) groups is 3. The number of hydrogen-bond acceptors (Lipinski definition) is 5. The summed E-state index contributed by atoms with van der Waals surface area (Å²) >= 11 is 12.6. The smallest absolute Gasteiger partial charge is 0.433 e. The van der Waals surface area contributed by atoms with Crippen molar-refractivity contribution in [3.63, 3.8) is 0 Å². The highest BCUT2D eigenvalue weighted by atomic mass is 35.5. The maximum Gasteiger partial charge on any atom is 0.433 e. The third kappa shape index (κ3) is 6.78. The first-order chi connectivity index (χ1) is 19.4. The summed E-state index contributed by atoms with van der Waals surface area (Å²) in [5.41, 5.74) is -2.76. The minimum absolute atomic E-state index is 0.0233. The minimum Gasteiger partial charge on any atom is -0.481 e. The van der Waals surface area contributed by atoms with Gasteiger partial charge in [0.1, 0.15) is 0 Å². The monoisotopic (exact) mass is 631 g/mol. The summed E-state index contributed by atoms with van der Waals surface area (Å²) < 4.78 is 50.4. The number of aryl methyl sites for hydroxylation is 1. The third-order valence-electron chi connectivity index (χ3n) is 8.28. The summed E-state index contributed by atoms with van der Waals surface area (Å²) in [5, 5.41) is 13.6. The quantitative estimate of drug-likeness (QED) is 0.315. The van der Waals surface area contributed by atoms with Crippen LogP contribution in [0.2, 0.25) is 10.0 Å². The zero-order valence-corrected chi connectivity index (χ0v) is 25.4. The molecule has 2 heterocycles. The lowest BCUT2D eigenvalue weighted by Gasteiger charge is -2.34. The third-order valence-corrected chi connectivity index (χ3v) is 8.88. The van der Waals surface area contributed by atoms with Crippen molar-refractivity contribution in [1.82, 2.24) is 14.7 Å². The van der Waals surface area contributed by atoms with E-state index in [4.69, 9.17) is 27.9 Å². The molecule has 2 fully saturated rings. The van der Waals surface area contributed by atoms with Crippen LogP contribution in [-0.2, 0) is 15.7 Å². The second kappa shape index (κ2) is 11.8. The van der Waals surface area contributed by atoms with Gasteiger partial charge >= 0.3 is 12.1 Å². The molecule has 13 heteroatoms. The molecule has 42 heavy (non-hydrogen) atoms. The molecule has 1 saturated carbocycles. The maximum absolute atomic E-state index is 14.5.